The first-order valence-electron chi connectivity index (χ1n) is 15.5. The van der Waals surface area contributed by atoms with Crippen LogP contribution in [0.1, 0.15) is 62.1 Å². The molecule has 0 radical (unpaired) electrons. The lowest BCUT2D eigenvalue weighted by Crippen LogP contribution is -2.54. The largest absolute Gasteiger partial charge is 0.490 e. The van der Waals surface area contributed by atoms with Crippen molar-refractivity contribution in [1.29, 1.82) is 0 Å². The zero-order valence-corrected chi connectivity index (χ0v) is 24.7. The van der Waals surface area contributed by atoms with Crippen LogP contribution in [0.5, 0.6) is 11.5 Å². The number of amides is 4. The van der Waals surface area contributed by atoms with Gasteiger partial charge < -0.3 is 9.47 Å². The molecule has 1 N–H and O–H groups in total. The van der Waals surface area contributed by atoms with E-state index in [1.165, 1.54) is 56.2 Å². The molecule has 4 aliphatic carbocycles. The minimum atomic E-state index is -0.772. The van der Waals surface area contributed by atoms with Gasteiger partial charge in [-0.1, -0.05) is 36.4 Å². The third-order valence-electron chi connectivity index (χ3n) is 9.80. The molecule has 7 nitrogen and oxygen atoms in total. The van der Waals surface area contributed by atoms with Crippen molar-refractivity contribution in [3.8, 4) is 11.5 Å². The number of barbiturate groups is 1. The fraction of sp³-hybridized carbons (Fsp3) is 0.361. The molecule has 0 spiro atoms. The smallest absolute Gasteiger partial charge is 0.335 e. The third kappa shape index (κ3) is 5.16. The number of hydrogen-bond donors (Lipinski definition) is 1. The summed E-state index contributed by atoms with van der Waals surface area (Å²) < 4.78 is 25.7. The van der Waals surface area contributed by atoms with Gasteiger partial charge in [0.25, 0.3) is 11.8 Å². The predicted octanol–water partition coefficient (Wildman–Crippen LogP) is 6.94. The Morgan fingerprint density at radius 3 is 2.23 bits per heavy atom. The van der Waals surface area contributed by atoms with E-state index in [1.807, 2.05) is 19.1 Å². The highest BCUT2D eigenvalue weighted by Gasteiger charge is 2.51. The Bertz CT molecular complexity index is 1630. The molecule has 8 rings (SSSR count). The van der Waals surface area contributed by atoms with Crippen LogP contribution in [0.4, 0.5) is 14.9 Å². The van der Waals surface area contributed by atoms with Gasteiger partial charge in [-0.15, -0.1) is 0 Å². The second kappa shape index (κ2) is 11.2. The summed E-state index contributed by atoms with van der Waals surface area (Å²) >= 11 is 0. The van der Waals surface area contributed by atoms with Gasteiger partial charge in [-0.2, -0.15) is 0 Å². The van der Waals surface area contributed by atoms with E-state index in [0.29, 0.717) is 34.9 Å². The Morgan fingerprint density at radius 2 is 1.57 bits per heavy atom. The van der Waals surface area contributed by atoms with Crippen molar-refractivity contribution < 1.29 is 28.2 Å². The number of urea groups is 1. The lowest BCUT2D eigenvalue weighted by molar-refractivity contribution is -0.122. The number of ether oxygens (including phenoxy) is 2. The molecule has 0 atom stereocenters. The molecule has 1 aliphatic heterocycles. The highest BCUT2D eigenvalue weighted by atomic mass is 19.1. The summed E-state index contributed by atoms with van der Waals surface area (Å²) in [5.74, 6) is 1.38. The highest BCUT2D eigenvalue weighted by Crippen LogP contribution is 2.60. The average molecular weight is 595 g/mol. The fourth-order valence-electron chi connectivity index (χ4n) is 8.26. The van der Waals surface area contributed by atoms with Crippen molar-refractivity contribution in [2.45, 2.75) is 57.5 Å². The molecule has 0 unspecified atom stereocenters. The van der Waals surface area contributed by atoms with Crippen molar-refractivity contribution in [2.24, 2.45) is 17.8 Å². The molecule has 4 bridgehead atoms. The van der Waals surface area contributed by atoms with E-state index in [9.17, 15) is 18.8 Å². The number of carbonyl (C=O) groups excluding carboxylic acids is 3. The third-order valence-corrected chi connectivity index (χ3v) is 9.80. The number of imide groups is 2. The van der Waals surface area contributed by atoms with E-state index in [1.54, 1.807) is 36.4 Å². The second-order valence-corrected chi connectivity index (χ2v) is 12.7. The monoisotopic (exact) mass is 594 g/mol. The molecular formula is C36H35FN2O5. The van der Waals surface area contributed by atoms with Gasteiger partial charge in [-0.25, -0.2) is 14.1 Å². The number of rotatable bonds is 8. The van der Waals surface area contributed by atoms with Crippen LogP contribution in [-0.2, 0) is 21.6 Å². The standard InChI is InChI=1S/C36H35FN2O5/c1-2-43-32-17-22(7-12-31(32)44-21-26-5-3-4-6-30(26)37)16-29-33(40)38-35(42)39(34(29)41)28-10-8-27(9-11-28)36-18-23-13-24(19-36)15-25(14-23)20-36/h3-12,16-17,23-25H,2,13-15,18-21H2,1H3,(H,38,40,42)/b29-16+. The molecule has 4 amide bonds. The Morgan fingerprint density at radius 1 is 0.886 bits per heavy atom. The summed E-state index contributed by atoms with van der Waals surface area (Å²) in [6, 6.07) is 18.3. The van der Waals surface area contributed by atoms with Crippen molar-refractivity contribution in [2.75, 3.05) is 11.5 Å². The van der Waals surface area contributed by atoms with Crippen LogP contribution in [0.3, 0.4) is 0 Å². The maximum atomic E-state index is 14.1. The van der Waals surface area contributed by atoms with Crippen LogP contribution in [0.2, 0.25) is 0 Å². The Labute approximate surface area is 256 Å². The average Bonchev–Trinajstić information content (AvgIpc) is 2.99. The van der Waals surface area contributed by atoms with Crippen LogP contribution in [-0.4, -0.2) is 24.5 Å². The summed E-state index contributed by atoms with van der Waals surface area (Å²) in [6.45, 7) is 2.17. The Hall–Kier alpha value is -4.46. The van der Waals surface area contributed by atoms with Gasteiger partial charge in [0, 0.05) is 5.56 Å². The maximum Gasteiger partial charge on any atom is 0.335 e. The number of anilines is 1. The summed E-state index contributed by atoms with van der Waals surface area (Å²) in [7, 11) is 0. The fourth-order valence-corrected chi connectivity index (χ4v) is 8.26. The second-order valence-electron chi connectivity index (χ2n) is 12.7. The SMILES string of the molecule is CCOc1cc(/C=C2\C(=O)NC(=O)N(c3ccc(C45CC6CC(CC(C6)C4)C5)cc3)C2=O)ccc1OCc1ccccc1F. The highest BCUT2D eigenvalue weighted by molar-refractivity contribution is 6.39. The number of benzene rings is 3. The van der Waals surface area contributed by atoms with Gasteiger partial charge in [0.1, 0.15) is 18.0 Å². The van der Waals surface area contributed by atoms with Crippen LogP contribution in [0, 0.1) is 23.6 Å². The molecule has 5 aliphatic rings. The first kappa shape index (κ1) is 28.3. The molecule has 3 aromatic rings. The Balaban J connectivity index is 1.12. The molecule has 1 heterocycles. The molecule has 4 saturated carbocycles. The number of nitrogens with one attached hydrogen (secondary N) is 1. The van der Waals surface area contributed by atoms with Gasteiger partial charge >= 0.3 is 6.03 Å². The number of hydrogen-bond acceptors (Lipinski definition) is 5. The number of carbonyl (C=O) groups is 3. The van der Waals surface area contributed by atoms with Crippen LogP contribution >= 0.6 is 0 Å². The molecule has 0 aromatic heterocycles. The summed E-state index contributed by atoms with van der Waals surface area (Å²) in [6.07, 6.45) is 9.18. The van der Waals surface area contributed by atoms with Gasteiger partial charge in [-0.05, 0) is 116 Å². The van der Waals surface area contributed by atoms with Crippen molar-refractivity contribution >= 4 is 29.6 Å². The van der Waals surface area contributed by atoms with Gasteiger partial charge in [0.05, 0.1) is 12.3 Å². The van der Waals surface area contributed by atoms with Gasteiger partial charge in [-0.3, -0.25) is 14.9 Å². The van der Waals surface area contributed by atoms with Crippen molar-refractivity contribution in [1.82, 2.24) is 5.32 Å². The minimum Gasteiger partial charge on any atom is -0.490 e. The lowest BCUT2D eigenvalue weighted by atomic mass is 9.48. The first-order valence-corrected chi connectivity index (χ1v) is 15.5. The van der Waals surface area contributed by atoms with Gasteiger partial charge in [0.15, 0.2) is 11.5 Å². The van der Waals surface area contributed by atoms with E-state index in [2.05, 4.69) is 17.4 Å². The van der Waals surface area contributed by atoms with Crippen LogP contribution in [0.25, 0.3) is 6.08 Å². The Kier molecular flexibility index (Phi) is 7.23. The number of nitrogens with zero attached hydrogens (tertiary/aromatic N) is 1. The van der Waals surface area contributed by atoms with Crippen molar-refractivity contribution in [3.63, 3.8) is 0 Å². The maximum absolute atomic E-state index is 14.1. The molecule has 3 aromatic carbocycles. The summed E-state index contributed by atoms with van der Waals surface area (Å²) in [5, 5.41) is 2.31. The molecule has 1 saturated heterocycles. The van der Waals surface area contributed by atoms with E-state index in [0.717, 1.165) is 22.7 Å². The molecule has 5 fully saturated rings. The zero-order chi connectivity index (χ0) is 30.4. The normalized spacial score (nSPS) is 26.7. The quantitative estimate of drug-likeness (QED) is 0.226. The topological polar surface area (TPSA) is 84.9 Å². The van der Waals surface area contributed by atoms with E-state index in [4.69, 9.17) is 9.47 Å². The lowest BCUT2D eigenvalue weighted by Gasteiger charge is -2.57. The molecule has 226 valence electrons. The molecule has 8 heteroatoms. The van der Waals surface area contributed by atoms with Gasteiger partial charge in [0.2, 0.25) is 0 Å². The van der Waals surface area contributed by atoms with E-state index in [-0.39, 0.29) is 23.4 Å². The zero-order valence-electron chi connectivity index (χ0n) is 24.7. The molecule has 44 heavy (non-hydrogen) atoms. The first-order chi connectivity index (χ1) is 21.3. The number of halogens is 1. The van der Waals surface area contributed by atoms with Crippen LogP contribution in [0.15, 0.2) is 72.3 Å². The van der Waals surface area contributed by atoms with Crippen LogP contribution < -0.4 is 19.7 Å². The predicted molar refractivity (Wildman–Crippen MR) is 164 cm³/mol. The summed E-state index contributed by atoms with van der Waals surface area (Å²) in [5.41, 5.74) is 2.66. The molecular weight excluding hydrogens is 559 g/mol. The van der Waals surface area contributed by atoms with Crippen molar-refractivity contribution in [3.05, 3.63) is 94.8 Å². The van der Waals surface area contributed by atoms with E-state index < -0.39 is 17.8 Å². The minimum absolute atomic E-state index is 0.00675. The van der Waals surface area contributed by atoms with E-state index >= 15 is 0 Å². The summed E-state index contributed by atoms with van der Waals surface area (Å²) in [4.78, 5) is 40.4.